The molecule has 98 valence electrons. The largest absolute Gasteiger partial charge is 0.497 e. The van der Waals surface area contributed by atoms with Crippen LogP contribution in [0, 0.1) is 0 Å². The minimum atomic E-state index is -0.0147. The molecule has 1 fully saturated rings. The van der Waals surface area contributed by atoms with Crippen molar-refractivity contribution in [1.82, 2.24) is 10.2 Å². The molecule has 1 aromatic rings. The predicted octanol–water partition coefficient (Wildman–Crippen LogP) is 1.62. The van der Waals surface area contributed by atoms with Crippen molar-refractivity contribution in [3.63, 3.8) is 0 Å². The summed E-state index contributed by atoms with van der Waals surface area (Å²) in [5, 5.41) is 2.83. The highest BCUT2D eigenvalue weighted by molar-refractivity contribution is 5.74. The molecule has 0 aromatic heterocycles. The van der Waals surface area contributed by atoms with E-state index in [1.807, 2.05) is 18.2 Å². The average Bonchev–Trinajstić information content (AvgIpc) is 2.41. The molecule has 1 aliphatic rings. The number of nitrogens with zero attached hydrogens (tertiary/aromatic N) is 1. The predicted molar refractivity (Wildman–Crippen MR) is 68.0 cm³/mol. The number of carbonyl (C=O) groups excluding carboxylic acids is 1. The number of rotatable bonds is 4. The van der Waals surface area contributed by atoms with E-state index in [0.717, 1.165) is 36.6 Å². The minimum absolute atomic E-state index is 0.0147. The number of carbonyl (C=O) groups is 1. The van der Waals surface area contributed by atoms with Crippen LogP contribution >= 0.6 is 0 Å². The summed E-state index contributed by atoms with van der Waals surface area (Å²) in [6.07, 6.45) is 0.976. The van der Waals surface area contributed by atoms with Crippen LogP contribution in [0.1, 0.15) is 12.0 Å². The fourth-order valence-corrected chi connectivity index (χ4v) is 2.02. The third kappa shape index (κ3) is 2.67. The molecule has 1 N–H and O–H groups in total. The van der Waals surface area contributed by atoms with Crippen molar-refractivity contribution < 1.29 is 14.3 Å². The molecule has 0 radical (unpaired) electrons. The standard InChI is InChI=1S/C13H18N2O3/c1-17-11-5-4-10(12(8-11)18-2)9-15-7-3-6-14-13(15)16/h4-5,8H,3,6-7,9H2,1-2H3,(H,14,16). The molecule has 1 heterocycles. The normalized spacial score (nSPS) is 15.2. The van der Waals surface area contributed by atoms with Crippen LogP contribution in [0.15, 0.2) is 18.2 Å². The van der Waals surface area contributed by atoms with Crippen LogP contribution in [-0.4, -0.2) is 38.2 Å². The van der Waals surface area contributed by atoms with Gasteiger partial charge in [0.2, 0.25) is 0 Å². The van der Waals surface area contributed by atoms with Crippen LogP contribution in [0.3, 0.4) is 0 Å². The lowest BCUT2D eigenvalue weighted by atomic mass is 10.1. The molecule has 5 heteroatoms. The lowest BCUT2D eigenvalue weighted by Gasteiger charge is -2.28. The Bertz CT molecular complexity index is 434. The lowest BCUT2D eigenvalue weighted by Crippen LogP contribution is -2.45. The summed E-state index contributed by atoms with van der Waals surface area (Å²) in [5.74, 6) is 1.49. The van der Waals surface area contributed by atoms with E-state index >= 15 is 0 Å². The van der Waals surface area contributed by atoms with Crippen LogP contribution < -0.4 is 14.8 Å². The smallest absolute Gasteiger partial charge is 0.317 e. The summed E-state index contributed by atoms with van der Waals surface area (Å²) in [7, 11) is 3.24. The molecule has 0 saturated carbocycles. The van der Waals surface area contributed by atoms with Gasteiger partial charge in [-0.3, -0.25) is 0 Å². The Balaban J connectivity index is 2.14. The SMILES string of the molecule is COc1ccc(CN2CCCNC2=O)c(OC)c1. The van der Waals surface area contributed by atoms with E-state index < -0.39 is 0 Å². The summed E-state index contributed by atoms with van der Waals surface area (Å²) in [6.45, 7) is 2.09. The van der Waals surface area contributed by atoms with Crippen LogP contribution in [0.5, 0.6) is 11.5 Å². The summed E-state index contributed by atoms with van der Waals surface area (Å²) in [6, 6.07) is 5.62. The van der Waals surface area contributed by atoms with Gasteiger partial charge < -0.3 is 19.7 Å². The van der Waals surface area contributed by atoms with Gasteiger partial charge in [-0.1, -0.05) is 0 Å². The Morgan fingerprint density at radius 1 is 1.33 bits per heavy atom. The molecular weight excluding hydrogens is 232 g/mol. The third-order valence-corrected chi connectivity index (χ3v) is 3.02. The molecule has 18 heavy (non-hydrogen) atoms. The number of ether oxygens (including phenoxy) is 2. The van der Waals surface area contributed by atoms with Gasteiger partial charge in [-0.25, -0.2) is 4.79 Å². The maximum atomic E-state index is 11.7. The summed E-state index contributed by atoms with van der Waals surface area (Å²) in [4.78, 5) is 13.5. The molecule has 1 aromatic carbocycles. The second kappa shape index (κ2) is 5.62. The zero-order valence-corrected chi connectivity index (χ0v) is 10.7. The number of urea groups is 1. The van der Waals surface area contributed by atoms with Gasteiger partial charge in [0, 0.05) is 24.7 Å². The van der Waals surface area contributed by atoms with Gasteiger partial charge in [0.1, 0.15) is 11.5 Å². The van der Waals surface area contributed by atoms with Gasteiger partial charge >= 0.3 is 6.03 Å². The van der Waals surface area contributed by atoms with E-state index in [0.29, 0.717) is 6.54 Å². The van der Waals surface area contributed by atoms with Gasteiger partial charge in [0.05, 0.1) is 20.8 Å². The minimum Gasteiger partial charge on any atom is -0.497 e. The Labute approximate surface area is 107 Å². The van der Waals surface area contributed by atoms with Gasteiger partial charge in [-0.15, -0.1) is 0 Å². The highest BCUT2D eigenvalue weighted by Crippen LogP contribution is 2.26. The maximum absolute atomic E-state index is 11.7. The lowest BCUT2D eigenvalue weighted by molar-refractivity contribution is 0.182. The second-order valence-electron chi connectivity index (χ2n) is 4.18. The van der Waals surface area contributed by atoms with Crippen molar-refractivity contribution in [2.24, 2.45) is 0 Å². The van der Waals surface area contributed by atoms with Crippen LogP contribution in [0.4, 0.5) is 4.79 Å². The van der Waals surface area contributed by atoms with E-state index in [9.17, 15) is 4.79 Å². The zero-order valence-electron chi connectivity index (χ0n) is 10.7. The van der Waals surface area contributed by atoms with Gasteiger partial charge in [-0.2, -0.15) is 0 Å². The quantitative estimate of drug-likeness (QED) is 0.883. The molecule has 2 rings (SSSR count). The fraction of sp³-hybridized carbons (Fsp3) is 0.462. The number of benzene rings is 1. The molecule has 0 bridgehead atoms. The van der Waals surface area contributed by atoms with Crippen molar-refractivity contribution in [3.05, 3.63) is 23.8 Å². The number of nitrogens with one attached hydrogen (secondary N) is 1. The summed E-state index contributed by atoms with van der Waals surface area (Å²) in [5.41, 5.74) is 0.982. The molecule has 5 nitrogen and oxygen atoms in total. The monoisotopic (exact) mass is 250 g/mol. The average molecular weight is 250 g/mol. The third-order valence-electron chi connectivity index (χ3n) is 3.02. The zero-order chi connectivity index (χ0) is 13.0. The fourth-order valence-electron chi connectivity index (χ4n) is 2.02. The molecule has 0 spiro atoms. The summed E-state index contributed by atoms with van der Waals surface area (Å²) < 4.78 is 10.5. The van der Waals surface area contributed by atoms with Crippen molar-refractivity contribution in [3.8, 4) is 11.5 Å². The molecule has 2 amide bonds. The van der Waals surface area contributed by atoms with Crippen molar-refractivity contribution in [2.75, 3.05) is 27.3 Å². The molecule has 0 aliphatic carbocycles. The number of amides is 2. The molecule has 0 atom stereocenters. The molecular formula is C13H18N2O3. The number of hydrogen-bond acceptors (Lipinski definition) is 3. The topological polar surface area (TPSA) is 50.8 Å². The van der Waals surface area contributed by atoms with Crippen LogP contribution in [0.2, 0.25) is 0 Å². The van der Waals surface area contributed by atoms with Gasteiger partial charge in [-0.05, 0) is 18.6 Å². The molecule has 0 unspecified atom stereocenters. The first kappa shape index (κ1) is 12.5. The first-order valence-electron chi connectivity index (χ1n) is 5.98. The first-order chi connectivity index (χ1) is 8.74. The van der Waals surface area contributed by atoms with E-state index in [-0.39, 0.29) is 6.03 Å². The first-order valence-corrected chi connectivity index (χ1v) is 5.98. The number of hydrogen-bond donors (Lipinski definition) is 1. The molecule has 1 aliphatic heterocycles. The van der Waals surface area contributed by atoms with Gasteiger partial charge in [0.25, 0.3) is 0 Å². The van der Waals surface area contributed by atoms with Crippen molar-refractivity contribution in [2.45, 2.75) is 13.0 Å². The van der Waals surface area contributed by atoms with Crippen molar-refractivity contribution >= 4 is 6.03 Å². The number of methoxy groups -OCH3 is 2. The van der Waals surface area contributed by atoms with Crippen LogP contribution in [0.25, 0.3) is 0 Å². The van der Waals surface area contributed by atoms with Gasteiger partial charge in [0.15, 0.2) is 0 Å². The Morgan fingerprint density at radius 2 is 2.17 bits per heavy atom. The maximum Gasteiger partial charge on any atom is 0.317 e. The van der Waals surface area contributed by atoms with E-state index in [1.165, 1.54) is 0 Å². The Hall–Kier alpha value is -1.91. The van der Waals surface area contributed by atoms with E-state index in [1.54, 1.807) is 19.1 Å². The Kier molecular flexibility index (Phi) is 3.92. The van der Waals surface area contributed by atoms with E-state index in [4.69, 9.17) is 9.47 Å². The second-order valence-corrected chi connectivity index (χ2v) is 4.18. The Morgan fingerprint density at radius 3 is 2.83 bits per heavy atom. The van der Waals surface area contributed by atoms with E-state index in [2.05, 4.69) is 5.32 Å². The highest BCUT2D eigenvalue weighted by atomic mass is 16.5. The van der Waals surface area contributed by atoms with Crippen molar-refractivity contribution in [1.29, 1.82) is 0 Å². The highest BCUT2D eigenvalue weighted by Gasteiger charge is 2.19. The van der Waals surface area contributed by atoms with Crippen LogP contribution in [-0.2, 0) is 6.54 Å². The summed E-state index contributed by atoms with van der Waals surface area (Å²) >= 11 is 0. The molecule has 1 saturated heterocycles.